The van der Waals surface area contributed by atoms with Gasteiger partial charge in [-0.3, -0.25) is 4.90 Å². The summed E-state index contributed by atoms with van der Waals surface area (Å²) in [5.41, 5.74) is 1.13. The van der Waals surface area contributed by atoms with Gasteiger partial charge >= 0.3 is 0 Å². The molecule has 1 heterocycles. The van der Waals surface area contributed by atoms with Crippen molar-refractivity contribution in [2.75, 3.05) is 20.2 Å². The lowest BCUT2D eigenvalue weighted by Gasteiger charge is -2.15. The van der Waals surface area contributed by atoms with Crippen molar-refractivity contribution < 1.29 is 4.74 Å². The van der Waals surface area contributed by atoms with Crippen molar-refractivity contribution in [3.8, 4) is 5.75 Å². The number of benzene rings is 1. The fraction of sp³-hybridized carbons (Fsp3) is 0.357. The normalized spacial score (nSPS) is 10.9. The molecule has 0 bridgehead atoms. The number of thiazole rings is 1. The number of halogens is 1. The SMILES string of the molecule is Cc1nc(CN(C)CCOc2ccc(Br)cc2)cs1. The quantitative estimate of drug-likeness (QED) is 0.801. The van der Waals surface area contributed by atoms with Crippen molar-refractivity contribution in [3.05, 3.63) is 44.8 Å². The molecule has 1 aromatic carbocycles. The highest BCUT2D eigenvalue weighted by Crippen LogP contribution is 2.16. The van der Waals surface area contributed by atoms with E-state index < -0.39 is 0 Å². The van der Waals surface area contributed by atoms with Crippen LogP contribution in [0.25, 0.3) is 0 Å². The molecule has 0 unspecified atom stereocenters. The molecule has 0 N–H and O–H groups in total. The van der Waals surface area contributed by atoms with Gasteiger partial charge in [0.05, 0.1) is 10.7 Å². The Kier molecular flexibility index (Phi) is 5.36. The second kappa shape index (κ2) is 7.03. The summed E-state index contributed by atoms with van der Waals surface area (Å²) < 4.78 is 6.76. The summed E-state index contributed by atoms with van der Waals surface area (Å²) >= 11 is 5.10. The largest absolute Gasteiger partial charge is 0.492 e. The molecule has 0 fully saturated rings. The number of hydrogen-bond donors (Lipinski definition) is 0. The molecule has 3 nitrogen and oxygen atoms in total. The molecule has 0 amide bonds. The van der Waals surface area contributed by atoms with Gasteiger partial charge in [-0.2, -0.15) is 0 Å². The van der Waals surface area contributed by atoms with E-state index in [4.69, 9.17) is 4.74 Å². The Labute approximate surface area is 126 Å². The van der Waals surface area contributed by atoms with Crippen molar-refractivity contribution in [3.63, 3.8) is 0 Å². The minimum absolute atomic E-state index is 0.682. The van der Waals surface area contributed by atoms with Gasteiger partial charge in [-0.05, 0) is 38.2 Å². The third kappa shape index (κ3) is 4.93. The van der Waals surface area contributed by atoms with Gasteiger partial charge in [0.1, 0.15) is 12.4 Å². The van der Waals surface area contributed by atoms with Gasteiger partial charge in [0.15, 0.2) is 0 Å². The molecule has 0 radical (unpaired) electrons. The number of ether oxygens (including phenoxy) is 1. The van der Waals surface area contributed by atoms with E-state index in [-0.39, 0.29) is 0 Å². The molecule has 2 rings (SSSR count). The van der Waals surface area contributed by atoms with Crippen LogP contribution in [0.1, 0.15) is 10.7 Å². The zero-order valence-electron chi connectivity index (χ0n) is 11.1. The van der Waals surface area contributed by atoms with Crippen LogP contribution in [-0.2, 0) is 6.54 Å². The first kappa shape index (κ1) is 14.5. The van der Waals surface area contributed by atoms with Crippen LogP contribution in [0, 0.1) is 6.92 Å². The topological polar surface area (TPSA) is 25.4 Å². The van der Waals surface area contributed by atoms with E-state index in [1.54, 1.807) is 11.3 Å². The number of aromatic nitrogens is 1. The maximum absolute atomic E-state index is 5.69. The van der Waals surface area contributed by atoms with E-state index in [9.17, 15) is 0 Å². The Morgan fingerprint density at radius 2 is 2.05 bits per heavy atom. The summed E-state index contributed by atoms with van der Waals surface area (Å²) in [7, 11) is 2.08. The van der Waals surface area contributed by atoms with Crippen molar-refractivity contribution in [2.45, 2.75) is 13.5 Å². The van der Waals surface area contributed by atoms with Gasteiger partial charge in [-0.25, -0.2) is 4.98 Å². The summed E-state index contributed by atoms with van der Waals surface area (Å²) in [6.07, 6.45) is 0. The molecule has 0 aliphatic carbocycles. The van der Waals surface area contributed by atoms with Crippen LogP contribution in [0.3, 0.4) is 0 Å². The van der Waals surface area contributed by atoms with Gasteiger partial charge < -0.3 is 4.74 Å². The Balaban J connectivity index is 1.71. The van der Waals surface area contributed by atoms with Crippen LogP contribution in [-0.4, -0.2) is 30.1 Å². The second-order valence-corrected chi connectivity index (χ2v) is 6.38. The molecule has 5 heteroatoms. The van der Waals surface area contributed by atoms with Crippen molar-refractivity contribution >= 4 is 27.3 Å². The van der Waals surface area contributed by atoms with E-state index in [2.05, 4.69) is 38.2 Å². The van der Waals surface area contributed by atoms with Crippen LogP contribution in [0.2, 0.25) is 0 Å². The van der Waals surface area contributed by atoms with Crippen LogP contribution >= 0.6 is 27.3 Å². The summed E-state index contributed by atoms with van der Waals surface area (Å²) in [4.78, 5) is 6.67. The molecule has 0 saturated carbocycles. The van der Waals surface area contributed by atoms with Crippen LogP contribution < -0.4 is 4.74 Å². The molecule has 102 valence electrons. The summed E-state index contributed by atoms with van der Waals surface area (Å²) in [6.45, 7) is 4.47. The molecule has 2 aromatic rings. The Hall–Kier alpha value is -0.910. The fourth-order valence-corrected chi connectivity index (χ4v) is 2.55. The highest BCUT2D eigenvalue weighted by molar-refractivity contribution is 9.10. The fourth-order valence-electron chi connectivity index (χ4n) is 1.69. The lowest BCUT2D eigenvalue weighted by atomic mass is 10.3. The molecule has 0 aliphatic rings. The minimum Gasteiger partial charge on any atom is -0.492 e. The molecular formula is C14H17BrN2OS. The van der Waals surface area contributed by atoms with E-state index in [0.717, 1.165) is 34.0 Å². The Morgan fingerprint density at radius 3 is 2.68 bits per heavy atom. The number of likely N-dealkylation sites (N-methyl/N-ethyl adjacent to an activating group) is 1. The maximum atomic E-state index is 5.69. The van der Waals surface area contributed by atoms with Crippen molar-refractivity contribution in [2.24, 2.45) is 0 Å². The maximum Gasteiger partial charge on any atom is 0.119 e. The van der Waals surface area contributed by atoms with Gasteiger partial charge in [0.25, 0.3) is 0 Å². The van der Waals surface area contributed by atoms with Crippen molar-refractivity contribution in [1.82, 2.24) is 9.88 Å². The van der Waals surface area contributed by atoms with Gasteiger partial charge in [-0.1, -0.05) is 15.9 Å². The van der Waals surface area contributed by atoms with Crippen LogP contribution in [0.4, 0.5) is 0 Å². The lowest BCUT2D eigenvalue weighted by molar-refractivity contribution is 0.231. The van der Waals surface area contributed by atoms with Gasteiger partial charge in [-0.15, -0.1) is 11.3 Å². The van der Waals surface area contributed by atoms with E-state index in [0.29, 0.717) is 6.61 Å². The predicted molar refractivity (Wildman–Crippen MR) is 82.8 cm³/mol. The molecule has 0 aliphatic heterocycles. The smallest absolute Gasteiger partial charge is 0.119 e. The van der Waals surface area contributed by atoms with Crippen LogP contribution in [0.5, 0.6) is 5.75 Å². The third-order valence-corrected chi connectivity index (χ3v) is 4.00. The van der Waals surface area contributed by atoms with E-state index in [1.807, 2.05) is 31.2 Å². The summed E-state index contributed by atoms with van der Waals surface area (Å²) in [5.74, 6) is 0.904. The van der Waals surface area contributed by atoms with E-state index >= 15 is 0 Å². The Bertz CT molecular complexity index is 512. The first-order chi connectivity index (χ1) is 9.13. The van der Waals surface area contributed by atoms with Crippen molar-refractivity contribution in [1.29, 1.82) is 0 Å². The first-order valence-electron chi connectivity index (χ1n) is 6.11. The number of hydrogen-bond acceptors (Lipinski definition) is 4. The number of rotatable bonds is 6. The second-order valence-electron chi connectivity index (χ2n) is 4.40. The minimum atomic E-state index is 0.682. The first-order valence-corrected chi connectivity index (χ1v) is 7.78. The average molecular weight is 341 g/mol. The summed E-state index contributed by atoms with van der Waals surface area (Å²) in [6, 6.07) is 7.90. The molecule has 0 saturated heterocycles. The van der Waals surface area contributed by atoms with E-state index in [1.165, 1.54) is 0 Å². The highest BCUT2D eigenvalue weighted by atomic mass is 79.9. The molecule has 19 heavy (non-hydrogen) atoms. The number of nitrogens with zero attached hydrogens (tertiary/aromatic N) is 2. The molecule has 0 atom stereocenters. The standard InChI is InChI=1S/C14H17BrN2OS/c1-11-16-13(10-19-11)9-17(2)7-8-18-14-5-3-12(15)4-6-14/h3-6,10H,7-9H2,1-2H3. The monoisotopic (exact) mass is 340 g/mol. The zero-order valence-corrected chi connectivity index (χ0v) is 13.5. The number of aryl methyl sites for hydroxylation is 1. The van der Waals surface area contributed by atoms with Crippen LogP contribution in [0.15, 0.2) is 34.1 Å². The lowest BCUT2D eigenvalue weighted by Crippen LogP contribution is -2.24. The average Bonchev–Trinajstić information content (AvgIpc) is 2.77. The van der Waals surface area contributed by atoms with Gasteiger partial charge in [0, 0.05) is 22.9 Å². The zero-order chi connectivity index (χ0) is 13.7. The molecule has 0 spiro atoms. The summed E-state index contributed by atoms with van der Waals surface area (Å²) in [5, 5.41) is 3.23. The third-order valence-electron chi connectivity index (χ3n) is 2.65. The predicted octanol–water partition coefficient (Wildman–Crippen LogP) is 3.72. The van der Waals surface area contributed by atoms with Gasteiger partial charge in [0.2, 0.25) is 0 Å². The Morgan fingerprint density at radius 1 is 1.32 bits per heavy atom. The molecular weight excluding hydrogens is 324 g/mol. The molecule has 1 aromatic heterocycles. The highest BCUT2D eigenvalue weighted by Gasteiger charge is 2.03.